The molecule has 0 spiro atoms. The second kappa shape index (κ2) is 6.04. The predicted molar refractivity (Wildman–Crippen MR) is 92.0 cm³/mol. The Balaban J connectivity index is 2.00. The van der Waals surface area contributed by atoms with Crippen molar-refractivity contribution in [1.82, 2.24) is 14.9 Å². The number of benzene rings is 2. The average molecular weight is 306 g/mol. The summed E-state index contributed by atoms with van der Waals surface area (Å²) in [5, 5.41) is 4.19. The van der Waals surface area contributed by atoms with Crippen molar-refractivity contribution in [3.05, 3.63) is 59.9 Å². The first-order valence-electron chi connectivity index (χ1n) is 7.35. The zero-order valence-electron chi connectivity index (χ0n) is 13.4. The number of amides is 1. The Morgan fingerprint density at radius 2 is 1.91 bits per heavy atom. The van der Waals surface area contributed by atoms with Crippen LogP contribution >= 0.6 is 0 Å². The summed E-state index contributed by atoms with van der Waals surface area (Å²) in [6.07, 6.45) is 1.50. The molecule has 2 aromatic carbocycles. The third-order valence-electron chi connectivity index (χ3n) is 3.57. The van der Waals surface area contributed by atoms with Crippen LogP contribution in [0.1, 0.15) is 15.9 Å². The monoisotopic (exact) mass is 306 g/mol. The lowest BCUT2D eigenvalue weighted by molar-refractivity contribution is 0.0827. The van der Waals surface area contributed by atoms with Crippen molar-refractivity contribution >= 4 is 28.3 Å². The Labute approximate surface area is 135 Å². The molecular weight excluding hydrogens is 288 g/mol. The first-order chi connectivity index (χ1) is 11.0. The summed E-state index contributed by atoms with van der Waals surface area (Å²) in [5.74, 6) is 0.683. The lowest BCUT2D eigenvalue weighted by atomic mass is 10.1. The number of nitrogens with zero attached hydrogens (tertiary/aromatic N) is 3. The van der Waals surface area contributed by atoms with Gasteiger partial charge in [0, 0.05) is 30.7 Å². The van der Waals surface area contributed by atoms with E-state index >= 15 is 0 Å². The number of fused-ring (bicyclic) bond motifs is 1. The SMILES string of the molecule is Cc1cccc(Nc2ncnc3cc(C(=O)N(C)C)ccc23)c1. The molecule has 5 heteroatoms. The van der Waals surface area contributed by atoms with Crippen LogP contribution in [0.2, 0.25) is 0 Å². The maximum Gasteiger partial charge on any atom is 0.253 e. The molecule has 0 unspecified atom stereocenters. The minimum atomic E-state index is -0.0429. The Bertz CT molecular complexity index is 874. The number of hydrogen-bond donors (Lipinski definition) is 1. The van der Waals surface area contributed by atoms with Gasteiger partial charge in [0.25, 0.3) is 5.91 Å². The first kappa shape index (κ1) is 15.0. The summed E-state index contributed by atoms with van der Waals surface area (Å²) in [6.45, 7) is 2.04. The first-order valence-corrected chi connectivity index (χ1v) is 7.35. The molecule has 0 saturated carbocycles. The zero-order valence-corrected chi connectivity index (χ0v) is 13.4. The van der Waals surface area contributed by atoms with E-state index in [1.54, 1.807) is 31.1 Å². The van der Waals surface area contributed by atoms with Crippen LogP contribution in [0.3, 0.4) is 0 Å². The summed E-state index contributed by atoms with van der Waals surface area (Å²) in [6, 6.07) is 13.6. The fourth-order valence-corrected chi connectivity index (χ4v) is 2.41. The Morgan fingerprint density at radius 1 is 1.09 bits per heavy atom. The number of aryl methyl sites for hydroxylation is 1. The molecule has 1 aromatic heterocycles. The van der Waals surface area contributed by atoms with E-state index in [0.29, 0.717) is 5.56 Å². The molecule has 1 N–H and O–H groups in total. The Hall–Kier alpha value is -2.95. The summed E-state index contributed by atoms with van der Waals surface area (Å²) in [5.41, 5.74) is 3.50. The molecular formula is C18H18N4O. The number of hydrogen-bond acceptors (Lipinski definition) is 4. The highest BCUT2D eigenvalue weighted by molar-refractivity contribution is 5.99. The van der Waals surface area contributed by atoms with Crippen molar-refractivity contribution in [2.75, 3.05) is 19.4 Å². The largest absolute Gasteiger partial charge is 0.345 e. The van der Waals surface area contributed by atoms with Gasteiger partial charge in [-0.2, -0.15) is 0 Å². The molecule has 3 aromatic rings. The molecule has 0 atom stereocenters. The van der Waals surface area contributed by atoms with E-state index < -0.39 is 0 Å². The highest BCUT2D eigenvalue weighted by atomic mass is 16.2. The highest BCUT2D eigenvalue weighted by Gasteiger charge is 2.11. The van der Waals surface area contributed by atoms with Gasteiger partial charge in [-0.25, -0.2) is 9.97 Å². The molecule has 0 saturated heterocycles. The maximum atomic E-state index is 12.1. The van der Waals surface area contributed by atoms with Gasteiger partial charge in [-0.05, 0) is 42.8 Å². The number of aromatic nitrogens is 2. The van der Waals surface area contributed by atoms with Gasteiger partial charge in [-0.1, -0.05) is 12.1 Å². The minimum absolute atomic E-state index is 0.0429. The van der Waals surface area contributed by atoms with E-state index in [1.165, 1.54) is 11.9 Å². The fraction of sp³-hybridized carbons (Fsp3) is 0.167. The molecule has 0 radical (unpaired) electrons. The van der Waals surface area contributed by atoms with Gasteiger partial charge in [0.1, 0.15) is 12.1 Å². The molecule has 0 aliphatic heterocycles. The number of nitrogens with one attached hydrogen (secondary N) is 1. The third kappa shape index (κ3) is 3.13. The van der Waals surface area contributed by atoms with Crippen LogP contribution in [0.4, 0.5) is 11.5 Å². The van der Waals surface area contributed by atoms with Crippen molar-refractivity contribution in [3.63, 3.8) is 0 Å². The van der Waals surface area contributed by atoms with Gasteiger partial charge in [-0.3, -0.25) is 4.79 Å². The number of rotatable bonds is 3. The maximum absolute atomic E-state index is 12.1. The predicted octanol–water partition coefficient (Wildman–Crippen LogP) is 3.38. The van der Waals surface area contributed by atoms with Gasteiger partial charge in [0.2, 0.25) is 0 Å². The van der Waals surface area contributed by atoms with Gasteiger partial charge < -0.3 is 10.2 Å². The second-order valence-electron chi connectivity index (χ2n) is 5.65. The number of carbonyl (C=O) groups excluding carboxylic acids is 1. The molecule has 23 heavy (non-hydrogen) atoms. The second-order valence-corrected chi connectivity index (χ2v) is 5.65. The highest BCUT2D eigenvalue weighted by Crippen LogP contribution is 2.24. The van der Waals surface area contributed by atoms with Crippen molar-refractivity contribution in [2.45, 2.75) is 6.92 Å². The summed E-state index contributed by atoms with van der Waals surface area (Å²) >= 11 is 0. The topological polar surface area (TPSA) is 58.1 Å². The number of carbonyl (C=O) groups is 1. The molecule has 5 nitrogen and oxygen atoms in total. The van der Waals surface area contributed by atoms with Crippen molar-refractivity contribution in [1.29, 1.82) is 0 Å². The Morgan fingerprint density at radius 3 is 2.65 bits per heavy atom. The fourth-order valence-electron chi connectivity index (χ4n) is 2.41. The van der Waals surface area contributed by atoms with Crippen molar-refractivity contribution in [2.24, 2.45) is 0 Å². The van der Waals surface area contributed by atoms with Gasteiger partial charge in [0.05, 0.1) is 5.52 Å². The zero-order chi connectivity index (χ0) is 16.4. The lowest BCUT2D eigenvalue weighted by Crippen LogP contribution is -2.21. The summed E-state index contributed by atoms with van der Waals surface area (Å²) in [4.78, 5) is 22.2. The minimum Gasteiger partial charge on any atom is -0.345 e. The van der Waals surface area contributed by atoms with E-state index in [-0.39, 0.29) is 5.91 Å². The number of anilines is 2. The molecule has 0 bridgehead atoms. The van der Waals surface area contributed by atoms with Crippen LogP contribution in [-0.2, 0) is 0 Å². The molecule has 0 aliphatic carbocycles. The van der Waals surface area contributed by atoms with Gasteiger partial charge in [-0.15, -0.1) is 0 Å². The Kier molecular flexibility index (Phi) is 3.93. The van der Waals surface area contributed by atoms with E-state index in [9.17, 15) is 4.79 Å². The molecule has 3 rings (SSSR count). The van der Waals surface area contributed by atoms with E-state index in [0.717, 1.165) is 22.4 Å². The van der Waals surface area contributed by atoms with Crippen molar-refractivity contribution in [3.8, 4) is 0 Å². The summed E-state index contributed by atoms with van der Waals surface area (Å²) in [7, 11) is 3.47. The van der Waals surface area contributed by atoms with Gasteiger partial charge in [0.15, 0.2) is 0 Å². The van der Waals surface area contributed by atoms with Crippen LogP contribution in [0.5, 0.6) is 0 Å². The molecule has 1 heterocycles. The normalized spacial score (nSPS) is 10.6. The van der Waals surface area contributed by atoms with E-state index in [4.69, 9.17) is 0 Å². The standard InChI is InChI=1S/C18H18N4O/c1-12-5-4-6-14(9-12)21-17-15-8-7-13(18(23)22(2)3)10-16(15)19-11-20-17/h4-11H,1-3H3,(H,19,20,21). The van der Waals surface area contributed by atoms with Crippen LogP contribution in [0, 0.1) is 6.92 Å². The molecule has 1 amide bonds. The van der Waals surface area contributed by atoms with Crippen LogP contribution in [0.15, 0.2) is 48.8 Å². The molecule has 0 aliphatic rings. The van der Waals surface area contributed by atoms with Crippen LogP contribution in [0.25, 0.3) is 10.9 Å². The smallest absolute Gasteiger partial charge is 0.253 e. The molecule has 116 valence electrons. The van der Waals surface area contributed by atoms with Crippen molar-refractivity contribution < 1.29 is 4.79 Å². The van der Waals surface area contributed by atoms with Gasteiger partial charge >= 0.3 is 0 Å². The third-order valence-corrected chi connectivity index (χ3v) is 3.57. The lowest BCUT2D eigenvalue weighted by Gasteiger charge is -2.12. The van der Waals surface area contributed by atoms with Crippen LogP contribution in [-0.4, -0.2) is 34.9 Å². The van der Waals surface area contributed by atoms with E-state index in [1.807, 2.05) is 31.2 Å². The summed E-state index contributed by atoms with van der Waals surface area (Å²) < 4.78 is 0. The quantitative estimate of drug-likeness (QED) is 0.806. The average Bonchev–Trinajstić information content (AvgIpc) is 2.54. The van der Waals surface area contributed by atoms with Crippen LogP contribution < -0.4 is 5.32 Å². The molecule has 0 fully saturated rings. The van der Waals surface area contributed by atoms with E-state index in [2.05, 4.69) is 21.4 Å².